The van der Waals surface area contributed by atoms with E-state index in [0.29, 0.717) is 0 Å². The molecule has 0 aromatic heterocycles. The smallest absolute Gasteiger partial charge is 0.208 e. The Labute approximate surface area is 238 Å². The summed E-state index contributed by atoms with van der Waals surface area (Å²) in [6, 6.07) is 2.69. The molecule has 0 radical (unpaired) electrons. The highest BCUT2D eigenvalue weighted by molar-refractivity contribution is 6.17. The largest absolute Gasteiger partial charge is 0.504 e. The molecule has 0 heterocycles. The molecule has 0 fully saturated rings. The van der Waals surface area contributed by atoms with Crippen molar-refractivity contribution in [2.75, 3.05) is 0 Å². The van der Waals surface area contributed by atoms with Crippen LogP contribution in [0.5, 0.6) is 46.0 Å². The highest BCUT2D eigenvalue weighted by Crippen LogP contribution is 2.51. The van der Waals surface area contributed by atoms with Gasteiger partial charge in [-0.25, -0.2) is 0 Å². The summed E-state index contributed by atoms with van der Waals surface area (Å²) < 4.78 is 36.2. The Morgan fingerprint density at radius 3 is 0.975 bits per heavy atom. The van der Waals surface area contributed by atoms with Crippen LogP contribution in [0.3, 0.4) is 0 Å². The molecule has 2 rings (SSSR count). The second-order valence-corrected chi connectivity index (χ2v) is 11.2. The summed E-state index contributed by atoms with van der Waals surface area (Å²) in [5.74, 6) is -0.795. The molecular formula is C31H46O9. The van der Waals surface area contributed by atoms with Gasteiger partial charge in [-0.1, -0.05) is 0 Å². The van der Waals surface area contributed by atoms with Crippen LogP contribution < -0.4 is 28.4 Å². The number of phenols is 2. The van der Waals surface area contributed by atoms with E-state index in [2.05, 4.69) is 0 Å². The third-order valence-corrected chi connectivity index (χ3v) is 4.95. The predicted molar refractivity (Wildman–Crippen MR) is 154 cm³/mol. The molecule has 40 heavy (non-hydrogen) atoms. The van der Waals surface area contributed by atoms with Crippen molar-refractivity contribution in [2.45, 2.75) is 120 Å². The Kier molecular flexibility index (Phi) is 11.2. The molecule has 0 aliphatic heterocycles. The van der Waals surface area contributed by atoms with Crippen molar-refractivity contribution in [2.24, 2.45) is 0 Å². The Morgan fingerprint density at radius 2 is 0.725 bits per heavy atom. The Morgan fingerprint density at radius 1 is 0.475 bits per heavy atom. The van der Waals surface area contributed by atoms with Gasteiger partial charge in [-0.3, -0.25) is 4.79 Å². The van der Waals surface area contributed by atoms with Gasteiger partial charge in [0.25, 0.3) is 0 Å². The highest BCUT2D eigenvalue weighted by atomic mass is 16.5. The average Bonchev–Trinajstić information content (AvgIpc) is 2.76. The van der Waals surface area contributed by atoms with Crippen molar-refractivity contribution in [3.8, 4) is 46.0 Å². The molecule has 0 aliphatic rings. The van der Waals surface area contributed by atoms with Gasteiger partial charge in [-0.05, 0) is 83.1 Å². The maximum absolute atomic E-state index is 14.8. The number of hydrogen-bond donors (Lipinski definition) is 2. The number of benzene rings is 2. The van der Waals surface area contributed by atoms with Gasteiger partial charge in [0.05, 0.1) is 36.6 Å². The Balaban J connectivity index is 3.11. The lowest BCUT2D eigenvalue weighted by Crippen LogP contribution is -2.20. The fourth-order valence-corrected chi connectivity index (χ4v) is 3.85. The number of rotatable bonds is 14. The van der Waals surface area contributed by atoms with Gasteiger partial charge in [-0.2, -0.15) is 0 Å². The maximum atomic E-state index is 14.8. The SMILES string of the molecule is CC(C)Oc1cc(O)c(OC(C)C)c(OC(C)C)c1C(=O)c1c(OC(C)C)cc(O)c(OC(C)C)c1OC(C)C. The lowest BCUT2D eigenvalue weighted by Gasteiger charge is -2.26. The van der Waals surface area contributed by atoms with E-state index < -0.39 is 5.78 Å². The Hall–Kier alpha value is -3.49. The number of ketones is 1. The molecule has 224 valence electrons. The molecule has 0 amide bonds. The molecule has 0 unspecified atom stereocenters. The maximum Gasteiger partial charge on any atom is 0.208 e. The van der Waals surface area contributed by atoms with E-state index in [1.54, 1.807) is 55.4 Å². The topological polar surface area (TPSA) is 113 Å². The van der Waals surface area contributed by atoms with Crippen LogP contribution in [0.1, 0.15) is 99.0 Å². The van der Waals surface area contributed by atoms with Crippen LogP contribution in [-0.4, -0.2) is 52.6 Å². The van der Waals surface area contributed by atoms with Gasteiger partial charge < -0.3 is 38.6 Å². The molecule has 9 heteroatoms. The van der Waals surface area contributed by atoms with Crippen LogP contribution in [0.2, 0.25) is 0 Å². The lowest BCUT2D eigenvalue weighted by atomic mass is 9.97. The molecule has 0 aliphatic carbocycles. The molecule has 2 aromatic rings. The molecule has 2 N–H and O–H groups in total. The third-order valence-electron chi connectivity index (χ3n) is 4.95. The molecule has 0 bridgehead atoms. The van der Waals surface area contributed by atoms with Gasteiger partial charge in [0.15, 0.2) is 23.0 Å². The zero-order chi connectivity index (χ0) is 30.5. The van der Waals surface area contributed by atoms with Gasteiger partial charge in [0.1, 0.15) is 22.6 Å². The summed E-state index contributed by atoms with van der Waals surface area (Å²) in [6.07, 6.45) is -2.11. The number of ether oxygens (including phenoxy) is 6. The second kappa shape index (κ2) is 13.7. The minimum absolute atomic E-state index is 0.0123. The molecule has 0 saturated heterocycles. The molecule has 0 atom stereocenters. The van der Waals surface area contributed by atoms with Crippen LogP contribution in [0.25, 0.3) is 0 Å². The standard InChI is InChI=1S/C31H46O9/c1-15(2)35-23-13-21(32)28(37-17(5)6)30(39-19(9)10)25(23)27(34)26-24(36-16(3)4)14-22(33)29(38-18(7)8)31(26)40-20(11)12/h13-20,32-33H,1-12H3. The number of phenolic OH excluding ortho intramolecular Hbond substituents is 2. The van der Waals surface area contributed by atoms with Crippen LogP contribution in [0.4, 0.5) is 0 Å². The molecule has 9 nitrogen and oxygen atoms in total. The minimum atomic E-state index is -0.584. The van der Waals surface area contributed by atoms with Crippen LogP contribution >= 0.6 is 0 Å². The van der Waals surface area contributed by atoms with Crippen LogP contribution in [0, 0.1) is 0 Å². The minimum Gasteiger partial charge on any atom is -0.504 e. The van der Waals surface area contributed by atoms with Crippen molar-refractivity contribution in [1.82, 2.24) is 0 Å². The van der Waals surface area contributed by atoms with E-state index in [9.17, 15) is 15.0 Å². The van der Waals surface area contributed by atoms with Crippen LogP contribution in [-0.2, 0) is 0 Å². The fraction of sp³-hybridized carbons (Fsp3) is 0.581. The summed E-state index contributed by atoms with van der Waals surface area (Å²) in [7, 11) is 0. The van der Waals surface area contributed by atoms with Crippen LogP contribution in [0.15, 0.2) is 12.1 Å². The van der Waals surface area contributed by atoms with Crippen molar-refractivity contribution in [1.29, 1.82) is 0 Å². The second-order valence-electron chi connectivity index (χ2n) is 11.2. The van der Waals surface area contributed by atoms with Crippen molar-refractivity contribution in [3.63, 3.8) is 0 Å². The molecular weight excluding hydrogens is 516 g/mol. The highest BCUT2D eigenvalue weighted by Gasteiger charge is 2.35. The van der Waals surface area contributed by atoms with Crippen molar-refractivity contribution in [3.05, 3.63) is 23.3 Å². The quantitative estimate of drug-likeness (QED) is 0.234. The molecule has 0 spiro atoms. The van der Waals surface area contributed by atoms with E-state index in [4.69, 9.17) is 28.4 Å². The number of hydrogen-bond acceptors (Lipinski definition) is 9. The van der Waals surface area contributed by atoms with E-state index in [-0.39, 0.29) is 93.7 Å². The first kappa shape index (κ1) is 32.7. The van der Waals surface area contributed by atoms with E-state index in [0.717, 1.165) is 0 Å². The van der Waals surface area contributed by atoms with E-state index in [1.807, 2.05) is 27.7 Å². The van der Waals surface area contributed by atoms with E-state index in [1.165, 1.54) is 12.1 Å². The first-order chi connectivity index (χ1) is 18.5. The summed E-state index contributed by atoms with van der Waals surface area (Å²) in [6.45, 7) is 21.7. The zero-order valence-electron chi connectivity index (χ0n) is 25.9. The van der Waals surface area contributed by atoms with Gasteiger partial charge in [0.2, 0.25) is 17.3 Å². The summed E-state index contributed by atoms with van der Waals surface area (Å²) in [5, 5.41) is 21.9. The lowest BCUT2D eigenvalue weighted by molar-refractivity contribution is 0.100. The molecule has 0 saturated carbocycles. The van der Waals surface area contributed by atoms with Crippen molar-refractivity contribution < 1.29 is 43.4 Å². The molecule has 2 aromatic carbocycles. The average molecular weight is 563 g/mol. The predicted octanol–water partition coefficient (Wildman–Crippen LogP) is 7.05. The first-order valence-electron chi connectivity index (χ1n) is 13.9. The van der Waals surface area contributed by atoms with Gasteiger partial charge >= 0.3 is 0 Å². The summed E-state index contributed by atoms with van der Waals surface area (Å²) >= 11 is 0. The normalized spacial score (nSPS) is 11.7. The van der Waals surface area contributed by atoms with Gasteiger partial charge in [-0.15, -0.1) is 0 Å². The fourth-order valence-electron chi connectivity index (χ4n) is 3.85. The van der Waals surface area contributed by atoms with Crippen molar-refractivity contribution >= 4 is 5.78 Å². The summed E-state index contributed by atoms with van der Waals surface area (Å²) in [5.41, 5.74) is 0.0264. The van der Waals surface area contributed by atoms with E-state index >= 15 is 0 Å². The number of carbonyl (C=O) groups is 1. The first-order valence-corrected chi connectivity index (χ1v) is 13.9. The number of aromatic hydroxyl groups is 2. The number of carbonyl (C=O) groups excluding carboxylic acids is 1. The summed E-state index contributed by atoms with van der Waals surface area (Å²) in [4.78, 5) is 14.8. The zero-order valence-corrected chi connectivity index (χ0v) is 25.9. The monoisotopic (exact) mass is 562 g/mol. The van der Waals surface area contributed by atoms with Gasteiger partial charge in [0, 0.05) is 12.1 Å². The third kappa shape index (κ3) is 8.26. The Bertz CT molecular complexity index is 1070.